The normalized spacial score (nSPS) is 21.7. The van der Waals surface area contributed by atoms with Gasteiger partial charge in [0, 0.05) is 41.2 Å². The van der Waals surface area contributed by atoms with Crippen LogP contribution in [0.2, 0.25) is 0 Å². The molecule has 53 heavy (non-hydrogen) atoms. The molecule has 0 spiro atoms. The monoisotopic (exact) mass is 788 g/mol. The summed E-state index contributed by atoms with van der Waals surface area (Å²) < 4.78 is 6.50. The summed E-state index contributed by atoms with van der Waals surface area (Å²) in [6, 6.07) is 18.1. The SMILES string of the molecule is CCOc1ccc2c(c1)CC(NCCCCO)C(=O)N2c1cccc(CN2C(=O)[C@@](O)([C@@H](C)/C=C/CC(=O)N3CCC[C@H]3CO)c3cc(Br)ccc32)c1. The molecule has 3 aromatic carbocycles. The summed E-state index contributed by atoms with van der Waals surface area (Å²) in [4.78, 5) is 46.3. The van der Waals surface area contributed by atoms with Gasteiger partial charge in [-0.3, -0.25) is 19.3 Å². The number of aliphatic hydroxyl groups is 3. The Bertz CT molecular complexity index is 1850. The Labute approximate surface area is 319 Å². The van der Waals surface area contributed by atoms with Crippen LogP contribution in [-0.4, -0.2) is 82.9 Å². The number of rotatable bonds is 15. The number of ether oxygens (including phenoxy) is 1. The van der Waals surface area contributed by atoms with Gasteiger partial charge in [-0.25, -0.2) is 0 Å². The molecule has 0 bridgehead atoms. The van der Waals surface area contributed by atoms with Gasteiger partial charge >= 0.3 is 0 Å². The number of likely N-dealkylation sites (tertiary alicyclic amines) is 1. The molecule has 6 rings (SSSR count). The minimum atomic E-state index is -1.88. The van der Waals surface area contributed by atoms with Crippen LogP contribution in [0.1, 0.15) is 62.6 Å². The molecular weight excluding hydrogens is 740 g/mol. The number of carbonyl (C=O) groups excluding carboxylic acids is 3. The molecule has 3 aromatic rings. The van der Waals surface area contributed by atoms with E-state index >= 15 is 0 Å². The number of hydrogen-bond acceptors (Lipinski definition) is 8. The van der Waals surface area contributed by atoms with Crippen molar-refractivity contribution in [3.63, 3.8) is 0 Å². The number of unbranched alkanes of at least 4 members (excludes halogenated alkanes) is 1. The first-order valence-corrected chi connectivity index (χ1v) is 19.3. The van der Waals surface area contributed by atoms with Crippen LogP contribution in [0, 0.1) is 5.92 Å². The molecule has 1 unspecified atom stereocenters. The predicted octanol–water partition coefficient (Wildman–Crippen LogP) is 5.10. The van der Waals surface area contributed by atoms with Crippen LogP contribution in [0.15, 0.2) is 77.3 Å². The Morgan fingerprint density at radius 1 is 1.09 bits per heavy atom. The average Bonchev–Trinajstić information content (AvgIpc) is 3.72. The van der Waals surface area contributed by atoms with E-state index in [0.717, 1.165) is 46.3 Å². The number of carbonyl (C=O) groups is 3. The molecule has 0 radical (unpaired) electrons. The molecule has 3 aliphatic heterocycles. The van der Waals surface area contributed by atoms with Crippen molar-refractivity contribution < 1.29 is 34.4 Å². The van der Waals surface area contributed by atoms with Crippen molar-refractivity contribution in [1.82, 2.24) is 10.2 Å². The van der Waals surface area contributed by atoms with Crippen LogP contribution in [0.3, 0.4) is 0 Å². The summed E-state index contributed by atoms with van der Waals surface area (Å²) in [6.45, 7) is 5.61. The van der Waals surface area contributed by atoms with Crippen LogP contribution in [0.25, 0.3) is 0 Å². The maximum Gasteiger partial charge on any atom is 0.264 e. The summed E-state index contributed by atoms with van der Waals surface area (Å²) >= 11 is 3.52. The quantitative estimate of drug-likeness (QED) is 0.123. The van der Waals surface area contributed by atoms with E-state index in [1.807, 2.05) is 61.5 Å². The Hall–Kier alpha value is -4.07. The van der Waals surface area contributed by atoms with Crippen molar-refractivity contribution in [1.29, 1.82) is 0 Å². The molecule has 12 heteroatoms. The fourth-order valence-corrected chi connectivity index (χ4v) is 8.12. The molecule has 0 saturated carbocycles. The van der Waals surface area contributed by atoms with Crippen LogP contribution >= 0.6 is 15.9 Å². The van der Waals surface area contributed by atoms with E-state index in [0.29, 0.717) is 49.5 Å². The zero-order valence-corrected chi connectivity index (χ0v) is 31.9. The summed E-state index contributed by atoms with van der Waals surface area (Å²) in [7, 11) is 0. The molecule has 4 N–H and O–H groups in total. The van der Waals surface area contributed by atoms with E-state index in [1.165, 1.54) is 0 Å². The number of anilines is 3. The predicted molar refractivity (Wildman–Crippen MR) is 207 cm³/mol. The van der Waals surface area contributed by atoms with Crippen LogP contribution in [0.4, 0.5) is 17.1 Å². The lowest BCUT2D eigenvalue weighted by molar-refractivity contribution is -0.139. The Kier molecular flexibility index (Phi) is 12.4. The van der Waals surface area contributed by atoms with E-state index in [2.05, 4.69) is 21.2 Å². The number of fused-ring (bicyclic) bond motifs is 2. The summed E-state index contributed by atoms with van der Waals surface area (Å²) in [5, 5.41) is 34.5. The largest absolute Gasteiger partial charge is 0.494 e. The zero-order chi connectivity index (χ0) is 37.7. The van der Waals surface area contributed by atoms with Crippen LogP contribution in [0.5, 0.6) is 5.75 Å². The van der Waals surface area contributed by atoms with Crippen molar-refractivity contribution >= 4 is 50.7 Å². The van der Waals surface area contributed by atoms with Crippen LogP contribution in [-0.2, 0) is 33.0 Å². The molecule has 0 aliphatic carbocycles. The first-order valence-electron chi connectivity index (χ1n) is 18.5. The van der Waals surface area contributed by atoms with Gasteiger partial charge in [-0.1, -0.05) is 47.1 Å². The molecule has 1 saturated heterocycles. The van der Waals surface area contributed by atoms with Gasteiger partial charge in [0.25, 0.3) is 5.91 Å². The van der Waals surface area contributed by atoms with Crippen molar-refractivity contribution in [3.8, 4) is 5.75 Å². The Morgan fingerprint density at radius 3 is 2.68 bits per heavy atom. The number of nitrogens with one attached hydrogen (secondary N) is 1. The van der Waals surface area contributed by atoms with Gasteiger partial charge < -0.3 is 35.2 Å². The standard InChI is InChI=1S/C41H49BrN4O7/c1-3-53-33-15-17-36-29(22-33)23-35(43-18-4-5-20-47)39(50)46(36)31-11-7-10-28(21-31)25-45-37-16-14-30(42)24-34(37)41(52,40(45)51)27(2)9-6-13-38(49)44-19-8-12-32(44)26-48/h6-7,9-11,14-17,21-22,24,27,32,35,43,47-48,52H,3-5,8,12-13,18-20,23,25-26H2,1-2H3/b9-6+/t27-,32-,35?,41+/m0/s1. The van der Waals surface area contributed by atoms with Crippen molar-refractivity contribution in [3.05, 3.63) is 94.0 Å². The summed E-state index contributed by atoms with van der Waals surface area (Å²) in [5.41, 5.74) is 2.33. The molecule has 3 heterocycles. The number of benzene rings is 3. The Morgan fingerprint density at radius 2 is 1.91 bits per heavy atom. The van der Waals surface area contributed by atoms with Gasteiger partial charge in [-0.2, -0.15) is 0 Å². The number of nitrogens with zero attached hydrogens (tertiary/aromatic N) is 3. The third-order valence-electron chi connectivity index (χ3n) is 10.5. The molecule has 0 aromatic heterocycles. The lowest BCUT2D eigenvalue weighted by atomic mass is 9.83. The molecule has 3 aliphatic rings. The Balaban J connectivity index is 1.26. The lowest BCUT2D eigenvalue weighted by Gasteiger charge is -2.35. The van der Waals surface area contributed by atoms with Crippen LogP contribution < -0.4 is 19.9 Å². The number of halogens is 1. The fraction of sp³-hybridized carbons (Fsp3) is 0.439. The van der Waals surface area contributed by atoms with Crippen molar-refractivity contribution in [2.75, 3.05) is 42.7 Å². The van der Waals surface area contributed by atoms with Gasteiger partial charge in [0.1, 0.15) is 5.75 Å². The highest BCUT2D eigenvalue weighted by Crippen LogP contribution is 2.47. The second kappa shape index (κ2) is 16.9. The smallest absolute Gasteiger partial charge is 0.264 e. The van der Waals surface area contributed by atoms with Gasteiger partial charge in [0.05, 0.1) is 43.2 Å². The minimum Gasteiger partial charge on any atom is -0.494 e. The van der Waals surface area contributed by atoms with E-state index < -0.39 is 23.5 Å². The van der Waals surface area contributed by atoms with E-state index in [9.17, 15) is 29.7 Å². The molecule has 3 amide bonds. The summed E-state index contributed by atoms with van der Waals surface area (Å²) in [6.07, 6.45) is 7.06. The number of amides is 3. The first kappa shape index (κ1) is 38.6. The van der Waals surface area contributed by atoms with Gasteiger partial charge in [-0.05, 0) is 105 Å². The molecular formula is C41H49BrN4O7. The third-order valence-corrected chi connectivity index (χ3v) is 11.0. The zero-order valence-electron chi connectivity index (χ0n) is 30.3. The average molecular weight is 790 g/mol. The van der Waals surface area contributed by atoms with Gasteiger partial charge in [0.15, 0.2) is 5.60 Å². The first-order chi connectivity index (χ1) is 25.6. The maximum absolute atomic E-state index is 14.3. The van der Waals surface area contributed by atoms with E-state index in [4.69, 9.17) is 4.74 Å². The maximum atomic E-state index is 14.3. The lowest BCUT2D eigenvalue weighted by Crippen LogP contribution is -2.49. The fourth-order valence-electron chi connectivity index (χ4n) is 7.76. The molecule has 282 valence electrons. The van der Waals surface area contributed by atoms with Crippen molar-refractivity contribution in [2.45, 2.75) is 76.6 Å². The molecule has 11 nitrogen and oxygen atoms in total. The minimum absolute atomic E-state index is 0.0642. The molecule has 1 fully saturated rings. The van der Waals surface area contributed by atoms with Gasteiger partial charge in [0.2, 0.25) is 11.8 Å². The molecule has 4 atom stereocenters. The second-order valence-electron chi connectivity index (χ2n) is 14.0. The second-order valence-corrected chi connectivity index (χ2v) is 14.9. The van der Waals surface area contributed by atoms with E-state index in [1.54, 1.807) is 39.8 Å². The highest BCUT2D eigenvalue weighted by molar-refractivity contribution is 9.10. The summed E-state index contributed by atoms with van der Waals surface area (Å²) in [5.74, 6) is -0.594. The topological polar surface area (TPSA) is 143 Å². The third kappa shape index (κ3) is 7.93. The van der Waals surface area contributed by atoms with Gasteiger partial charge in [-0.15, -0.1) is 0 Å². The number of hydrogen-bond donors (Lipinski definition) is 4. The number of aliphatic hydroxyl groups excluding tert-OH is 2. The highest BCUT2D eigenvalue weighted by Gasteiger charge is 2.52. The van der Waals surface area contributed by atoms with E-state index in [-0.39, 0.29) is 44.0 Å². The van der Waals surface area contributed by atoms with Crippen molar-refractivity contribution in [2.24, 2.45) is 5.92 Å². The highest BCUT2D eigenvalue weighted by atomic mass is 79.9.